The number of nitrogens with one attached hydrogen (secondary N) is 1. The maximum atomic E-state index is 6.13. The number of benzene rings is 1. The molecule has 17 heavy (non-hydrogen) atoms. The summed E-state index contributed by atoms with van der Waals surface area (Å²) in [6, 6.07) is 5.86. The molecule has 2 nitrogen and oxygen atoms in total. The molecule has 2 rings (SSSR count). The van der Waals surface area contributed by atoms with Crippen LogP contribution in [0.4, 0.5) is 5.69 Å². The molecule has 0 amide bonds. The third-order valence-corrected chi connectivity index (χ3v) is 3.55. The van der Waals surface area contributed by atoms with Gasteiger partial charge in [-0.15, -0.1) is 0 Å². The van der Waals surface area contributed by atoms with Crippen LogP contribution in [0.3, 0.4) is 0 Å². The third kappa shape index (κ3) is 3.51. The van der Waals surface area contributed by atoms with E-state index in [1.807, 2.05) is 12.1 Å². The van der Waals surface area contributed by atoms with Crippen LogP contribution in [-0.2, 0) is 4.74 Å². The van der Waals surface area contributed by atoms with Crippen molar-refractivity contribution in [2.75, 3.05) is 11.9 Å². The third-order valence-electron chi connectivity index (χ3n) is 2.99. The molecular formula is C13H17Cl2NO. The summed E-state index contributed by atoms with van der Waals surface area (Å²) in [5.41, 5.74) is 0.836. The zero-order chi connectivity index (χ0) is 12.5. The lowest BCUT2D eigenvalue weighted by Gasteiger charge is -2.36. The molecule has 1 aliphatic heterocycles. The molecule has 0 spiro atoms. The van der Waals surface area contributed by atoms with Crippen LogP contribution in [-0.4, -0.2) is 18.2 Å². The Balaban J connectivity index is 2.07. The number of hydrogen-bond donors (Lipinski definition) is 1. The van der Waals surface area contributed by atoms with Crippen LogP contribution in [0.1, 0.15) is 26.7 Å². The minimum Gasteiger partial charge on any atom is -0.381 e. The van der Waals surface area contributed by atoms with E-state index in [9.17, 15) is 0 Å². The Morgan fingerprint density at radius 1 is 1.35 bits per heavy atom. The molecule has 0 saturated carbocycles. The summed E-state index contributed by atoms with van der Waals surface area (Å²) in [5, 5.41) is 4.85. The van der Waals surface area contributed by atoms with Crippen molar-refractivity contribution >= 4 is 28.9 Å². The van der Waals surface area contributed by atoms with E-state index in [2.05, 4.69) is 19.2 Å². The lowest BCUT2D eigenvalue weighted by atomic mass is 9.94. The van der Waals surface area contributed by atoms with Crippen molar-refractivity contribution in [2.24, 2.45) is 0 Å². The highest BCUT2D eigenvalue weighted by Crippen LogP contribution is 2.30. The molecule has 1 atom stereocenters. The van der Waals surface area contributed by atoms with Crippen molar-refractivity contribution in [1.82, 2.24) is 0 Å². The molecule has 4 heteroatoms. The molecule has 1 fully saturated rings. The van der Waals surface area contributed by atoms with Gasteiger partial charge in [-0.05, 0) is 44.9 Å². The highest BCUT2D eigenvalue weighted by atomic mass is 35.5. The van der Waals surface area contributed by atoms with Crippen molar-refractivity contribution in [3.63, 3.8) is 0 Å². The van der Waals surface area contributed by atoms with Gasteiger partial charge in [0, 0.05) is 17.7 Å². The molecule has 1 N–H and O–H groups in total. The van der Waals surface area contributed by atoms with Gasteiger partial charge in [0.2, 0.25) is 0 Å². The lowest BCUT2D eigenvalue weighted by molar-refractivity contribution is -0.0553. The summed E-state index contributed by atoms with van der Waals surface area (Å²) in [6.45, 7) is 5.00. The van der Waals surface area contributed by atoms with Crippen LogP contribution < -0.4 is 5.32 Å². The van der Waals surface area contributed by atoms with Gasteiger partial charge in [0.25, 0.3) is 0 Å². The van der Waals surface area contributed by atoms with Crippen LogP contribution in [0.25, 0.3) is 0 Å². The normalized spacial score (nSPS) is 23.4. The molecule has 0 bridgehead atoms. The second-order valence-corrected chi connectivity index (χ2v) is 5.91. The van der Waals surface area contributed by atoms with E-state index in [1.165, 1.54) is 0 Å². The van der Waals surface area contributed by atoms with Crippen LogP contribution >= 0.6 is 23.2 Å². The monoisotopic (exact) mass is 273 g/mol. The summed E-state index contributed by atoms with van der Waals surface area (Å²) in [4.78, 5) is 0. The van der Waals surface area contributed by atoms with Gasteiger partial charge in [-0.25, -0.2) is 0 Å². The zero-order valence-corrected chi connectivity index (χ0v) is 11.6. The summed E-state index contributed by atoms with van der Waals surface area (Å²) in [7, 11) is 0. The van der Waals surface area contributed by atoms with E-state index >= 15 is 0 Å². The first kappa shape index (κ1) is 13.0. The Morgan fingerprint density at radius 2 is 2.12 bits per heavy atom. The fourth-order valence-corrected chi connectivity index (χ4v) is 2.53. The Morgan fingerprint density at radius 3 is 2.82 bits per heavy atom. The van der Waals surface area contributed by atoms with Gasteiger partial charge in [0.05, 0.1) is 16.3 Å². The van der Waals surface area contributed by atoms with Gasteiger partial charge in [0.15, 0.2) is 0 Å². The number of hydrogen-bond acceptors (Lipinski definition) is 2. The van der Waals surface area contributed by atoms with Crippen molar-refractivity contribution in [1.29, 1.82) is 0 Å². The maximum absolute atomic E-state index is 6.13. The van der Waals surface area contributed by atoms with Crippen molar-refractivity contribution in [3.8, 4) is 0 Å². The first-order valence-electron chi connectivity index (χ1n) is 5.82. The van der Waals surface area contributed by atoms with Gasteiger partial charge in [-0.3, -0.25) is 0 Å². The first-order chi connectivity index (χ1) is 7.96. The molecule has 1 heterocycles. The van der Waals surface area contributed by atoms with E-state index in [-0.39, 0.29) is 5.60 Å². The predicted molar refractivity (Wildman–Crippen MR) is 73.1 cm³/mol. The fraction of sp³-hybridized carbons (Fsp3) is 0.538. The molecule has 1 unspecified atom stereocenters. The number of rotatable bonds is 2. The van der Waals surface area contributed by atoms with Crippen molar-refractivity contribution in [3.05, 3.63) is 28.2 Å². The minimum absolute atomic E-state index is 0.0685. The molecule has 1 saturated heterocycles. The van der Waals surface area contributed by atoms with E-state index in [0.29, 0.717) is 16.1 Å². The second-order valence-electron chi connectivity index (χ2n) is 5.07. The SMILES string of the molecule is CC1(C)CC(Nc2cc(Cl)ccc2Cl)CCO1. The van der Waals surface area contributed by atoms with Crippen LogP contribution in [0, 0.1) is 0 Å². The summed E-state index contributed by atoms with van der Waals surface area (Å²) >= 11 is 12.1. The Bertz CT molecular complexity index is 406. The summed E-state index contributed by atoms with van der Waals surface area (Å²) in [6.07, 6.45) is 1.96. The van der Waals surface area contributed by atoms with Gasteiger partial charge in [-0.1, -0.05) is 23.2 Å². The minimum atomic E-state index is -0.0685. The second kappa shape index (κ2) is 5.05. The van der Waals surface area contributed by atoms with E-state index in [0.717, 1.165) is 25.1 Å². The molecular weight excluding hydrogens is 257 g/mol. The molecule has 94 valence electrons. The summed E-state index contributed by atoms with van der Waals surface area (Å²) in [5.74, 6) is 0. The molecule has 0 aromatic heterocycles. The van der Waals surface area contributed by atoms with Crippen molar-refractivity contribution < 1.29 is 4.74 Å². The molecule has 0 aliphatic carbocycles. The number of halogens is 2. The van der Waals surface area contributed by atoms with Crippen LogP contribution in [0.15, 0.2) is 18.2 Å². The van der Waals surface area contributed by atoms with E-state index in [4.69, 9.17) is 27.9 Å². The molecule has 0 radical (unpaired) electrons. The largest absolute Gasteiger partial charge is 0.381 e. The fourth-order valence-electron chi connectivity index (χ4n) is 2.18. The average Bonchev–Trinajstić information content (AvgIpc) is 2.22. The lowest BCUT2D eigenvalue weighted by Crippen LogP contribution is -2.40. The Kier molecular flexibility index (Phi) is 3.86. The Labute approximate surface area is 112 Å². The quantitative estimate of drug-likeness (QED) is 0.865. The topological polar surface area (TPSA) is 21.3 Å². The number of ether oxygens (including phenoxy) is 1. The van der Waals surface area contributed by atoms with Crippen LogP contribution in [0.5, 0.6) is 0 Å². The van der Waals surface area contributed by atoms with E-state index in [1.54, 1.807) is 6.07 Å². The zero-order valence-electron chi connectivity index (χ0n) is 10.1. The highest BCUT2D eigenvalue weighted by Gasteiger charge is 2.28. The van der Waals surface area contributed by atoms with Gasteiger partial charge in [-0.2, -0.15) is 0 Å². The first-order valence-corrected chi connectivity index (χ1v) is 6.57. The summed E-state index contributed by atoms with van der Waals surface area (Å²) < 4.78 is 5.69. The Hall–Kier alpha value is -0.440. The van der Waals surface area contributed by atoms with Gasteiger partial charge >= 0.3 is 0 Å². The smallest absolute Gasteiger partial charge is 0.0646 e. The molecule has 1 aliphatic rings. The van der Waals surface area contributed by atoms with Gasteiger partial charge < -0.3 is 10.1 Å². The highest BCUT2D eigenvalue weighted by molar-refractivity contribution is 6.35. The number of anilines is 1. The molecule has 1 aromatic rings. The predicted octanol–water partition coefficient (Wildman–Crippen LogP) is 4.36. The van der Waals surface area contributed by atoms with Gasteiger partial charge in [0.1, 0.15) is 0 Å². The standard InChI is InChI=1S/C13H17Cl2NO/c1-13(2)8-10(5-6-17-13)16-12-7-9(14)3-4-11(12)15/h3-4,7,10,16H,5-6,8H2,1-2H3. The van der Waals surface area contributed by atoms with Crippen LogP contribution in [0.2, 0.25) is 10.0 Å². The molecule has 1 aromatic carbocycles. The average molecular weight is 274 g/mol. The maximum Gasteiger partial charge on any atom is 0.0646 e. The van der Waals surface area contributed by atoms with E-state index < -0.39 is 0 Å². The van der Waals surface area contributed by atoms with Crippen molar-refractivity contribution in [2.45, 2.75) is 38.3 Å².